The van der Waals surface area contributed by atoms with Crippen molar-refractivity contribution in [3.8, 4) is 44.6 Å². The fourth-order valence-electron chi connectivity index (χ4n) is 4.86. The molecule has 0 bridgehead atoms. The van der Waals surface area contributed by atoms with Gasteiger partial charge in [0.1, 0.15) is 0 Å². The van der Waals surface area contributed by atoms with Gasteiger partial charge >= 0.3 is 0 Å². The van der Waals surface area contributed by atoms with Crippen LogP contribution in [0.4, 0.5) is 0 Å². The Kier molecular flexibility index (Phi) is 5.07. The van der Waals surface area contributed by atoms with E-state index in [9.17, 15) is 0 Å². The molecule has 37 heavy (non-hydrogen) atoms. The maximum absolute atomic E-state index is 4.85. The third-order valence-corrected chi connectivity index (χ3v) is 6.80. The van der Waals surface area contributed by atoms with Gasteiger partial charge in [-0.25, -0.2) is 4.52 Å². The highest BCUT2D eigenvalue weighted by Crippen LogP contribution is 2.33. The zero-order valence-electron chi connectivity index (χ0n) is 20.0. The van der Waals surface area contributed by atoms with E-state index in [1.165, 1.54) is 10.8 Å². The Hall–Kier alpha value is -5.09. The largest absolute Gasteiger partial charge is 0.265 e. The van der Waals surface area contributed by atoms with Gasteiger partial charge in [-0.15, -0.1) is 0 Å². The predicted molar refractivity (Wildman–Crippen MR) is 150 cm³/mol. The summed E-state index contributed by atoms with van der Waals surface area (Å²) in [5.74, 6) is 0. The van der Waals surface area contributed by atoms with Crippen molar-refractivity contribution in [1.82, 2.24) is 19.6 Å². The van der Waals surface area contributed by atoms with E-state index in [1.54, 1.807) is 0 Å². The number of fused-ring (bicyclic) bond motifs is 2. The first kappa shape index (κ1) is 21.2. The number of rotatable bonds is 4. The molecule has 0 amide bonds. The van der Waals surface area contributed by atoms with Crippen LogP contribution < -0.4 is 0 Å². The normalized spacial score (nSPS) is 11.2. The lowest BCUT2D eigenvalue weighted by molar-refractivity contribution is 0.974. The second-order valence-corrected chi connectivity index (χ2v) is 9.15. The SMILES string of the molecule is c1ccc2cn3nc(-c4ccc(-c5cc(-c6ccncc6)cc(-c6ccncc6)c5)cc4)cc3cc2c1. The molecule has 3 aromatic carbocycles. The van der Waals surface area contributed by atoms with E-state index >= 15 is 0 Å². The molecule has 0 aliphatic heterocycles. The Bertz CT molecular complexity index is 1740. The van der Waals surface area contributed by atoms with Gasteiger partial charge in [0, 0.05) is 41.9 Å². The van der Waals surface area contributed by atoms with Crippen LogP contribution in [0.1, 0.15) is 0 Å². The number of benzene rings is 3. The molecule has 4 aromatic heterocycles. The summed E-state index contributed by atoms with van der Waals surface area (Å²) < 4.78 is 1.96. The molecule has 174 valence electrons. The third-order valence-electron chi connectivity index (χ3n) is 6.80. The summed E-state index contributed by atoms with van der Waals surface area (Å²) in [6.45, 7) is 0. The van der Waals surface area contributed by atoms with Crippen LogP contribution in [-0.2, 0) is 0 Å². The average Bonchev–Trinajstić information content (AvgIpc) is 3.39. The summed E-state index contributed by atoms with van der Waals surface area (Å²) in [5, 5.41) is 7.25. The fourth-order valence-corrected chi connectivity index (χ4v) is 4.86. The van der Waals surface area contributed by atoms with E-state index in [-0.39, 0.29) is 0 Å². The van der Waals surface area contributed by atoms with Gasteiger partial charge in [-0.3, -0.25) is 9.97 Å². The van der Waals surface area contributed by atoms with Crippen LogP contribution in [0.5, 0.6) is 0 Å². The van der Waals surface area contributed by atoms with Crippen LogP contribution in [-0.4, -0.2) is 19.6 Å². The zero-order valence-corrected chi connectivity index (χ0v) is 20.0. The Morgan fingerprint density at radius 3 is 1.54 bits per heavy atom. The minimum absolute atomic E-state index is 0.963. The van der Waals surface area contributed by atoms with Gasteiger partial charge < -0.3 is 0 Å². The van der Waals surface area contributed by atoms with Crippen molar-refractivity contribution in [3.63, 3.8) is 0 Å². The number of aromatic nitrogens is 4. The summed E-state index contributed by atoms with van der Waals surface area (Å²) >= 11 is 0. The molecule has 0 fully saturated rings. The average molecular weight is 475 g/mol. The molecule has 7 rings (SSSR count). The standard InChI is InChI=1S/C33H22N4/c1-2-4-28-22-37-32(20-27(28)3-1)21-33(36-37)26-7-5-23(6-8-26)29-17-30(24-9-13-34-14-10-24)19-31(18-29)25-11-15-35-16-12-25/h1-22H. The van der Waals surface area contributed by atoms with Crippen molar-refractivity contribution in [1.29, 1.82) is 0 Å². The highest BCUT2D eigenvalue weighted by molar-refractivity contribution is 5.86. The van der Waals surface area contributed by atoms with Crippen molar-refractivity contribution in [2.24, 2.45) is 0 Å². The van der Waals surface area contributed by atoms with Gasteiger partial charge in [-0.05, 0) is 93.4 Å². The molecule has 0 spiro atoms. The first-order chi connectivity index (χ1) is 18.3. The van der Waals surface area contributed by atoms with Gasteiger partial charge in [0.05, 0.1) is 11.2 Å². The Balaban J connectivity index is 1.29. The van der Waals surface area contributed by atoms with Crippen molar-refractivity contribution < 1.29 is 0 Å². The molecule has 0 N–H and O–H groups in total. The van der Waals surface area contributed by atoms with E-state index in [0.717, 1.165) is 50.2 Å². The smallest absolute Gasteiger partial charge is 0.0933 e. The summed E-state index contributed by atoms with van der Waals surface area (Å²) in [6, 6.07) is 36.3. The van der Waals surface area contributed by atoms with E-state index in [0.29, 0.717) is 0 Å². The Labute approximate surface area is 214 Å². The first-order valence-corrected chi connectivity index (χ1v) is 12.3. The minimum atomic E-state index is 0.963. The molecule has 4 heterocycles. The molecule has 0 unspecified atom stereocenters. The van der Waals surface area contributed by atoms with Crippen molar-refractivity contribution in [2.45, 2.75) is 0 Å². The molecule has 0 saturated carbocycles. The molecular weight excluding hydrogens is 452 g/mol. The van der Waals surface area contributed by atoms with Gasteiger partial charge in [-0.1, -0.05) is 48.5 Å². The highest BCUT2D eigenvalue weighted by atomic mass is 15.2. The van der Waals surface area contributed by atoms with Gasteiger partial charge in [0.2, 0.25) is 0 Å². The second-order valence-electron chi connectivity index (χ2n) is 9.15. The molecule has 0 atom stereocenters. The highest BCUT2D eigenvalue weighted by Gasteiger charge is 2.10. The van der Waals surface area contributed by atoms with E-state index in [2.05, 4.69) is 95.0 Å². The first-order valence-electron chi connectivity index (χ1n) is 12.3. The molecular formula is C33H22N4. The van der Waals surface area contributed by atoms with Crippen LogP contribution in [0.2, 0.25) is 0 Å². The predicted octanol–water partition coefficient (Wildman–Crippen LogP) is 7.95. The van der Waals surface area contributed by atoms with Crippen LogP contribution in [0, 0.1) is 0 Å². The molecule has 0 radical (unpaired) electrons. The van der Waals surface area contributed by atoms with Crippen LogP contribution in [0.25, 0.3) is 60.9 Å². The maximum Gasteiger partial charge on any atom is 0.0933 e. The number of nitrogens with zero attached hydrogens (tertiary/aromatic N) is 4. The Morgan fingerprint density at radius 1 is 0.432 bits per heavy atom. The fraction of sp³-hybridized carbons (Fsp3) is 0. The number of pyridine rings is 3. The zero-order chi connectivity index (χ0) is 24.6. The molecule has 0 aliphatic carbocycles. The van der Waals surface area contributed by atoms with E-state index < -0.39 is 0 Å². The molecule has 4 nitrogen and oxygen atoms in total. The quantitative estimate of drug-likeness (QED) is 0.260. The van der Waals surface area contributed by atoms with Gasteiger partial charge in [0.25, 0.3) is 0 Å². The lowest BCUT2D eigenvalue weighted by Crippen LogP contribution is -1.88. The molecule has 0 saturated heterocycles. The second kappa shape index (κ2) is 8.85. The molecule has 4 heteroatoms. The van der Waals surface area contributed by atoms with Gasteiger partial charge in [-0.2, -0.15) is 5.10 Å². The minimum Gasteiger partial charge on any atom is -0.265 e. The summed E-state index contributed by atoms with van der Waals surface area (Å²) in [4.78, 5) is 8.37. The summed E-state index contributed by atoms with van der Waals surface area (Å²) in [6.07, 6.45) is 9.43. The monoisotopic (exact) mass is 474 g/mol. The lowest BCUT2D eigenvalue weighted by atomic mass is 9.93. The topological polar surface area (TPSA) is 43.1 Å². The Morgan fingerprint density at radius 2 is 0.946 bits per heavy atom. The van der Waals surface area contributed by atoms with Crippen molar-refractivity contribution in [3.05, 3.63) is 134 Å². The van der Waals surface area contributed by atoms with Crippen LogP contribution in [0.15, 0.2) is 134 Å². The summed E-state index contributed by atoms with van der Waals surface area (Å²) in [7, 11) is 0. The molecule has 7 aromatic rings. The lowest BCUT2D eigenvalue weighted by Gasteiger charge is -2.11. The third kappa shape index (κ3) is 4.05. The van der Waals surface area contributed by atoms with Gasteiger partial charge in [0.15, 0.2) is 0 Å². The van der Waals surface area contributed by atoms with Crippen LogP contribution in [0.3, 0.4) is 0 Å². The number of hydrogen-bond donors (Lipinski definition) is 0. The van der Waals surface area contributed by atoms with Crippen molar-refractivity contribution >= 4 is 16.3 Å². The van der Waals surface area contributed by atoms with Crippen molar-refractivity contribution in [2.75, 3.05) is 0 Å². The number of hydrogen-bond acceptors (Lipinski definition) is 3. The molecule has 0 aliphatic rings. The summed E-state index contributed by atoms with van der Waals surface area (Å²) in [5.41, 5.74) is 10.1. The van der Waals surface area contributed by atoms with Crippen LogP contribution >= 0.6 is 0 Å². The maximum atomic E-state index is 4.85. The van der Waals surface area contributed by atoms with E-state index in [4.69, 9.17) is 5.10 Å². The van der Waals surface area contributed by atoms with E-state index in [1.807, 2.05) is 53.6 Å².